The van der Waals surface area contributed by atoms with E-state index >= 15 is 0 Å². The Morgan fingerprint density at radius 3 is 2.39 bits per heavy atom. The van der Waals surface area contributed by atoms with Crippen LogP contribution in [0.4, 0.5) is 0 Å². The van der Waals surface area contributed by atoms with Crippen molar-refractivity contribution in [1.82, 2.24) is 15.2 Å². The van der Waals surface area contributed by atoms with E-state index in [9.17, 15) is 15.0 Å². The monoisotopic (exact) mass is 457 g/mol. The van der Waals surface area contributed by atoms with E-state index in [2.05, 4.69) is 29.0 Å². The first-order valence-electron chi connectivity index (χ1n) is 12.8. The third-order valence-corrected chi connectivity index (χ3v) is 7.14. The van der Waals surface area contributed by atoms with Crippen molar-refractivity contribution in [2.75, 3.05) is 32.7 Å². The number of aliphatic hydroxyl groups is 1. The first-order chi connectivity index (χ1) is 15.9. The van der Waals surface area contributed by atoms with E-state index in [1.807, 2.05) is 0 Å². The van der Waals surface area contributed by atoms with Gasteiger partial charge in [-0.15, -0.1) is 0 Å². The molecule has 1 aliphatic rings. The maximum Gasteiger partial charge on any atom is 0.248 e. The Morgan fingerprint density at radius 1 is 1.00 bits per heavy atom. The molecule has 2 heterocycles. The maximum absolute atomic E-state index is 11.5. The number of nitrogens with zero attached hydrogens (tertiary/aromatic N) is 1. The number of piperidine rings is 1. The highest BCUT2D eigenvalue weighted by Crippen LogP contribution is 2.30. The zero-order valence-electron chi connectivity index (χ0n) is 20.5. The highest BCUT2D eigenvalue weighted by atomic mass is 16.3. The lowest BCUT2D eigenvalue weighted by Gasteiger charge is -2.36. The summed E-state index contributed by atoms with van der Waals surface area (Å²) in [7, 11) is 0. The molecule has 0 amide bonds. The van der Waals surface area contributed by atoms with Gasteiger partial charge < -0.3 is 25.4 Å². The minimum absolute atomic E-state index is 0.0159. The number of rotatable bonds is 13. The summed E-state index contributed by atoms with van der Waals surface area (Å²) in [6, 6.07) is 6.30. The average Bonchev–Trinajstić information content (AvgIpc) is 2.79. The predicted octanol–water partition coefficient (Wildman–Crippen LogP) is 4.71. The lowest BCUT2D eigenvalue weighted by molar-refractivity contribution is 0.131. The molecule has 1 aromatic heterocycles. The van der Waals surface area contributed by atoms with Crippen molar-refractivity contribution < 1.29 is 10.2 Å². The molecular formula is C27H43N3O3. The van der Waals surface area contributed by atoms with Gasteiger partial charge in [0, 0.05) is 18.0 Å². The fraction of sp³-hybridized carbons (Fsp3) is 0.667. The van der Waals surface area contributed by atoms with Crippen LogP contribution in [0.5, 0.6) is 5.75 Å². The van der Waals surface area contributed by atoms with Crippen molar-refractivity contribution in [1.29, 1.82) is 0 Å². The van der Waals surface area contributed by atoms with Crippen molar-refractivity contribution in [3.63, 3.8) is 0 Å². The number of aliphatic hydroxyl groups excluding tert-OH is 1. The van der Waals surface area contributed by atoms with Crippen LogP contribution in [0.25, 0.3) is 10.9 Å². The molecule has 0 saturated carbocycles. The molecule has 6 nitrogen and oxygen atoms in total. The molecular weight excluding hydrogens is 414 g/mol. The van der Waals surface area contributed by atoms with Gasteiger partial charge in [-0.05, 0) is 75.0 Å². The van der Waals surface area contributed by atoms with Gasteiger partial charge in [0.2, 0.25) is 5.56 Å². The molecule has 1 aromatic carbocycles. The van der Waals surface area contributed by atoms with Crippen molar-refractivity contribution in [2.24, 2.45) is 5.41 Å². The lowest BCUT2D eigenvalue weighted by Crippen LogP contribution is -2.37. The average molecular weight is 458 g/mol. The van der Waals surface area contributed by atoms with E-state index in [4.69, 9.17) is 0 Å². The molecule has 1 atom stereocenters. The molecule has 2 aromatic rings. The second-order valence-electron chi connectivity index (χ2n) is 10.5. The molecule has 3 rings (SSSR count). The fourth-order valence-electron chi connectivity index (χ4n) is 4.75. The third kappa shape index (κ3) is 8.13. The summed E-state index contributed by atoms with van der Waals surface area (Å²) in [6.45, 7) is 9.94. The molecule has 33 heavy (non-hydrogen) atoms. The molecule has 0 spiro atoms. The third-order valence-electron chi connectivity index (χ3n) is 7.14. The highest BCUT2D eigenvalue weighted by molar-refractivity contribution is 5.87. The smallest absolute Gasteiger partial charge is 0.248 e. The summed E-state index contributed by atoms with van der Waals surface area (Å²) in [5.74, 6) is 0.0159. The van der Waals surface area contributed by atoms with E-state index in [-0.39, 0.29) is 11.3 Å². The van der Waals surface area contributed by atoms with Gasteiger partial charge in [0.1, 0.15) is 5.75 Å². The number of H-pyrrole nitrogens is 1. The van der Waals surface area contributed by atoms with Crippen LogP contribution in [-0.2, 0) is 0 Å². The molecule has 0 unspecified atom stereocenters. The maximum atomic E-state index is 11.5. The number of likely N-dealkylation sites (tertiary alicyclic amines) is 1. The van der Waals surface area contributed by atoms with Crippen LogP contribution >= 0.6 is 0 Å². The molecule has 1 saturated heterocycles. The Hall–Kier alpha value is -1.89. The van der Waals surface area contributed by atoms with Gasteiger partial charge in [0.15, 0.2) is 0 Å². The van der Waals surface area contributed by atoms with E-state index in [0.29, 0.717) is 28.4 Å². The number of pyridine rings is 1. The second kappa shape index (κ2) is 12.5. The summed E-state index contributed by atoms with van der Waals surface area (Å²) in [5, 5.41) is 24.6. The van der Waals surface area contributed by atoms with Crippen LogP contribution in [0.15, 0.2) is 29.1 Å². The Kier molecular flexibility index (Phi) is 9.78. The highest BCUT2D eigenvalue weighted by Gasteiger charge is 2.24. The SMILES string of the molecule is CC1(C)CCN(CCCCCCCCCNC[C@H](O)c2ccc(O)c3[nH]c(=O)ccc23)CC1. The van der Waals surface area contributed by atoms with E-state index in [0.717, 1.165) is 13.0 Å². The van der Waals surface area contributed by atoms with Crippen molar-refractivity contribution in [2.45, 2.75) is 77.7 Å². The number of phenols is 1. The van der Waals surface area contributed by atoms with Crippen LogP contribution in [0.1, 0.15) is 83.3 Å². The molecule has 184 valence electrons. The Bertz CT molecular complexity index is 914. The van der Waals surface area contributed by atoms with Crippen LogP contribution < -0.4 is 10.9 Å². The van der Waals surface area contributed by atoms with Crippen LogP contribution in [-0.4, -0.2) is 52.8 Å². The van der Waals surface area contributed by atoms with Crippen LogP contribution in [0.2, 0.25) is 0 Å². The molecule has 4 N–H and O–H groups in total. The van der Waals surface area contributed by atoms with E-state index in [1.54, 1.807) is 12.1 Å². The molecule has 0 radical (unpaired) electrons. The van der Waals surface area contributed by atoms with Gasteiger partial charge in [0.05, 0.1) is 11.6 Å². The zero-order chi connectivity index (χ0) is 23.7. The fourth-order valence-corrected chi connectivity index (χ4v) is 4.75. The topological polar surface area (TPSA) is 88.6 Å². The Morgan fingerprint density at radius 2 is 1.67 bits per heavy atom. The molecule has 0 bridgehead atoms. The summed E-state index contributed by atoms with van der Waals surface area (Å²) in [6.07, 6.45) is 10.9. The van der Waals surface area contributed by atoms with E-state index < -0.39 is 6.10 Å². The van der Waals surface area contributed by atoms with Gasteiger partial charge in [-0.2, -0.15) is 0 Å². The van der Waals surface area contributed by atoms with Gasteiger partial charge in [0.25, 0.3) is 0 Å². The molecule has 1 aliphatic heterocycles. The molecule has 6 heteroatoms. The van der Waals surface area contributed by atoms with E-state index in [1.165, 1.54) is 83.1 Å². The summed E-state index contributed by atoms with van der Waals surface area (Å²) in [4.78, 5) is 16.8. The van der Waals surface area contributed by atoms with Crippen molar-refractivity contribution in [3.8, 4) is 5.75 Å². The number of hydrogen-bond donors (Lipinski definition) is 4. The number of phenolic OH excluding ortho intramolecular Hbond substituents is 1. The molecule has 0 aliphatic carbocycles. The predicted molar refractivity (Wildman–Crippen MR) is 136 cm³/mol. The second-order valence-corrected chi connectivity index (χ2v) is 10.5. The number of aromatic hydroxyl groups is 1. The minimum atomic E-state index is -0.690. The van der Waals surface area contributed by atoms with Gasteiger partial charge >= 0.3 is 0 Å². The number of nitrogens with one attached hydrogen (secondary N) is 2. The normalized spacial score (nSPS) is 17.4. The quantitative estimate of drug-likeness (QED) is 0.327. The van der Waals surface area contributed by atoms with Gasteiger partial charge in [-0.3, -0.25) is 4.79 Å². The van der Waals surface area contributed by atoms with Gasteiger partial charge in [-0.25, -0.2) is 0 Å². The first-order valence-corrected chi connectivity index (χ1v) is 12.8. The summed E-state index contributed by atoms with van der Waals surface area (Å²) >= 11 is 0. The number of fused-ring (bicyclic) bond motifs is 1. The van der Waals surface area contributed by atoms with Crippen LogP contribution in [0.3, 0.4) is 0 Å². The molecule has 1 fully saturated rings. The first kappa shape index (κ1) is 25.7. The number of hydrogen-bond acceptors (Lipinski definition) is 5. The van der Waals surface area contributed by atoms with Crippen LogP contribution in [0, 0.1) is 5.41 Å². The van der Waals surface area contributed by atoms with Gasteiger partial charge in [-0.1, -0.05) is 52.0 Å². The minimum Gasteiger partial charge on any atom is -0.506 e. The number of aromatic amines is 1. The largest absolute Gasteiger partial charge is 0.506 e. The van der Waals surface area contributed by atoms with Crippen molar-refractivity contribution >= 4 is 10.9 Å². The number of unbranched alkanes of at least 4 members (excludes halogenated alkanes) is 6. The van der Waals surface area contributed by atoms with Crippen molar-refractivity contribution in [3.05, 3.63) is 40.2 Å². The number of benzene rings is 1. The Labute approximate surface area is 198 Å². The lowest BCUT2D eigenvalue weighted by atomic mass is 9.82. The Balaban J connectivity index is 1.22. The summed E-state index contributed by atoms with van der Waals surface area (Å²) < 4.78 is 0. The number of aromatic nitrogens is 1. The summed E-state index contributed by atoms with van der Waals surface area (Å²) in [5.41, 5.74) is 1.36. The zero-order valence-corrected chi connectivity index (χ0v) is 20.5. The standard InChI is InChI=1S/C27H43N3O3/c1-27(2)14-18-30(19-15-27)17-9-7-5-3-4-6-8-16-28-20-24(32)21-10-12-23(31)26-22(21)11-13-25(33)29-26/h10-13,24,28,31-32H,3-9,14-20H2,1-2H3,(H,29,33)/t24-/m0/s1.